The first kappa shape index (κ1) is 19.4. The van der Waals surface area contributed by atoms with Gasteiger partial charge in [-0.15, -0.1) is 0 Å². The minimum absolute atomic E-state index is 0.0585. The van der Waals surface area contributed by atoms with Crippen molar-refractivity contribution in [3.05, 3.63) is 69.2 Å². The molecule has 1 amide bonds. The Hall–Kier alpha value is -1.36. The van der Waals surface area contributed by atoms with Gasteiger partial charge in [0.15, 0.2) is 0 Å². The number of rotatable bonds is 6. The van der Waals surface area contributed by atoms with Gasteiger partial charge in [-0.2, -0.15) is 0 Å². The van der Waals surface area contributed by atoms with Gasteiger partial charge in [-0.3, -0.25) is 4.79 Å². The Morgan fingerprint density at radius 3 is 2.65 bits per heavy atom. The number of hydrogen-bond donors (Lipinski definition) is 1. The summed E-state index contributed by atoms with van der Waals surface area (Å²) in [5.41, 5.74) is 1.58. The van der Waals surface area contributed by atoms with Crippen LogP contribution < -0.4 is 5.32 Å². The molecule has 0 unspecified atom stereocenters. The molecule has 3 nitrogen and oxygen atoms in total. The van der Waals surface area contributed by atoms with Crippen molar-refractivity contribution >= 4 is 33.4 Å². The van der Waals surface area contributed by atoms with E-state index in [2.05, 4.69) is 33.4 Å². The first-order valence-electron chi connectivity index (χ1n) is 8.97. The highest BCUT2D eigenvalue weighted by atomic mass is 79.9. The monoisotopic (exact) mass is 435 g/mol. The van der Waals surface area contributed by atoms with Crippen LogP contribution >= 0.6 is 27.5 Å². The molecule has 1 saturated heterocycles. The van der Waals surface area contributed by atoms with Crippen LogP contribution in [0.25, 0.3) is 0 Å². The highest BCUT2D eigenvalue weighted by Gasteiger charge is 2.42. The maximum absolute atomic E-state index is 13.1. The highest BCUT2D eigenvalue weighted by Crippen LogP contribution is 2.38. The van der Waals surface area contributed by atoms with E-state index in [9.17, 15) is 4.79 Å². The molecule has 5 heteroatoms. The summed E-state index contributed by atoms with van der Waals surface area (Å²) < 4.78 is 6.59. The summed E-state index contributed by atoms with van der Waals surface area (Å²) in [6, 6.07) is 15.9. The van der Waals surface area contributed by atoms with Crippen molar-refractivity contribution in [1.82, 2.24) is 5.32 Å². The number of carbonyl (C=O) groups excluding carboxylic acids is 1. The molecule has 0 aliphatic carbocycles. The van der Waals surface area contributed by atoms with E-state index < -0.39 is 5.41 Å². The third-order valence-corrected chi connectivity index (χ3v) is 5.81. The topological polar surface area (TPSA) is 38.3 Å². The standard InChI is InChI=1S/C21H23BrClNO2/c22-17-7-3-5-16(15-17)6-4-12-24-20(25)21(10-13-26-14-11-21)18-8-1-2-9-19(18)23/h1-3,5,7-9,15H,4,6,10-14H2,(H,24,25). The van der Waals surface area contributed by atoms with Crippen LogP contribution in [-0.4, -0.2) is 25.7 Å². The number of aryl methyl sites for hydroxylation is 1. The summed E-state index contributed by atoms with van der Waals surface area (Å²) in [6.45, 7) is 1.81. The molecule has 0 atom stereocenters. The van der Waals surface area contributed by atoms with Crippen LogP contribution in [-0.2, 0) is 21.4 Å². The summed E-state index contributed by atoms with van der Waals surface area (Å²) in [5, 5.41) is 3.79. The summed E-state index contributed by atoms with van der Waals surface area (Å²) in [5.74, 6) is 0.0585. The number of amides is 1. The van der Waals surface area contributed by atoms with Crippen molar-refractivity contribution in [2.24, 2.45) is 0 Å². The number of nitrogens with one attached hydrogen (secondary N) is 1. The molecule has 2 aromatic carbocycles. The smallest absolute Gasteiger partial charge is 0.230 e. The fraction of sp³-hybridized carbons (Fsp3) is 0.381. The Balaban J connectivity index is 1.64. The maximum atomic E-state index is 13.1. The second-order valence-corrected chi connectivity index (χ2v) is 7.99. The lowest BCUT2D eigenvalue weighted by molar-refractivity contribution is -0.130. The van der Waals surface area contributed by atoms with Crippen LogP contribution in [0.1, 0.15) is 30.4 Å². The lowest BCUT2D eigenvalue weighted by atomic mass is 9.73. The highest BCUT2D eigenvalue weighted by molar-refractivity contribution is 9.10. The molecule has 0 saturated carbocycles. The number of carbonyl (C=O) groups is 1. The Labute approximate surface area is 168 Å². The molecule has 1 fully saturated rings. The molecule has 0 spiro atoms. The van der Waals surface area contributed by atoms with Gasteiger partial charge in [-0.1, -0.05) is 57.9 Å². The third-order valence-electron chi connectivity index (χ3n) is 4.99. The Bertz CT molecular complexity index is 759. The number of ether oxygens (including phenoxy) is 1. The largest absolute Gasteiger partial charge is 0.381 e. The van der Waals surface area contributed by atoms with Crippen molar-refractivity contribution in [3.8, 4) is 0 Å². The van der Waals surface area contributed by atoms with Crippen molar-refractivity contribution in [1.29, 1.82) is 0 Å². The van der Waals surface area contributed by atoms with Crippen molar-refractivity contribution < 1.29 is 9.53 Å². The molecular weight excluding hydrogens is 414 g/mol. The SMILES string of the molecule is O=C(NCCCc1cccc(Br)c1)C1(c2ccccc2Cl)CCOCC1. The summed E-state index contributed by atoms with van der Waals surface area (Å²) >= 11 is 9.91. The van der Waals surface area contributed by atoms with Crippen LogP contribution in [0.4, 0.5) is 0 Å². The van der Waals surface area contributed by atoms with Gasteiger partial charge in [0.2, 0.25) is 5.91 Å². The van der Waals surface area contributed by atoms with Gasteiger partial charge in [0, 0.05) is 29.3 Å². The summed E-state index contributed by atoms with van der Waals surface area (Å²) in [4.78, 5) is 13.1. The zero-order valence-corrected chi connectivity index (χ0v) is 17.0. The fourth-order valence-electron chi connectivity index (χ4n) is 3.54. The zero-order valence-electron chi connectivity index (χ0n) is 14.6. The average Bonchev–Trinajstić information content (AvgIpc) is 2.66. The van der Waals surface area contributed by atoms with Gasteiger partial charge in [0.25, 0.3) is 0 Å². The number of benzene rings is 2. The average molecular weight is 437 g/mol. The molecule has 26 heavy (non-hydrogen) atoms. The van der Waals surface area contributed by atoms with Crippen LogP contribution in [0, 0.1) is 0 Å². The lowest BCUT2D eigenvalue weighted by Crippen LogP contribution is -2.48. The van der Waals surface area contributed by atoms with Crippen molar-refractivity contribution in [2.75, 3.05) is 19.8 Å². The third kappa shape index (κ3) is 4.48. The summed E-state index contributed by atoms with van der Waals surface area (Å²) in [6.07, 6.45) is 3.15. The van der Waals surface area contributed by atoms with Gasteiger partial charge >= 0.3 is 0 Å². The minimum atomic E-state index is -0.591. The van der Waals surface area contributed by atoms with Crippen LogP contribution in [0.2, 0.25) is 5.02 Å². The molecule has 1 aliphatic heterocycles. The van der Waals surface area contributed by atoms with Gasteiger partial charge in [0.1, 0.15) is 0 Å². The van der Waals surface area contributed by atoms with E-state index >= 15 is 0 Å². The van der Waals surface area contributed by atoms with E-state index in [1.54, 1.807) is 0 Å². The van der Waals surface area contributed by atoms with Crippen molar-refractivity contribution in [3.63, 3.8) is 0 Å². The Kier molecular flexibility index (Phi) is 6.74. The zero-order chi connectivity index (χ0) is 18.4. The quantitative estimate of drug-likeness (QED) is 0.654. The minimum Gasteiger partial charge on any atom is -0.381 e. The second-order valence-electron chi connectivity index (χ2n) is 6.66. The first-order chi connectivity index (χ1) is 12.6. The molecule has 0 radical (unpaired) electrons. The summed E-state index contributed by atoms with van der Waals surface area (Å²) in [7, 11) is 0. The maximum Gasteiger partial charge on any atom is 0.230 e. The van der Waals surface area contributed by atoms with E-state index in [0.29, 0.717) is 37.6 Å². The van der Waals surface area contributed by atoms with E-state index in [1.165, 1.54) is 5.56 Å². The fourth-order valence-corrected chi connectivity index (χ4v) is 4.31. The van der Waals surface area contributed by atoms with Gasteiger partial charge in [0.05, 0.1) is 5.41 Å². The molecule has 1 heterocycles. The molecule has 138 valence electrons. The van der Waals surface area contributed by atoms with Crippen molar-refractivity contribution in [2.45, 2.75) is 31.1 Å². The Morgan fingerprint density at radius 2 is 1.92 bits per heavy atom. The van der Waals surface area contributed by atoms with Crippen LogP contribution in [0.15, 0.2) is 53.0 Å². The molecule has 1 aliphatic rings. The first-order valence-corrected chi connectivity index (χ1v) is 10.1. The molecule has 2 aromatic rings. The van der Waals surface area contributed by atoms with Gasteiger partial charge in [-0.25, -0.2) is 0 Å². The van der Waals surface area contributed by atoms with Gasteiger partial charge < -0.3 is 10.1 Å². The molecule has 1 N–H and O–H groups in total. The van der Waals surface area contributed by atoms with E-state index in [4.69, 9.17) is 16.3 Å². The number of halogens is 2. The van der Waals surface area contributed by atoms with E-state index in [0.717, 1.165) is 22.9 Å². The van der Waals surface area contributed by atoms with Crippen LogP contribution in [0.5, 0.6) is 0 Å². The predicted molar refractivity (Wildman–Crippen MR) is 109 cm³/mol. The predicted octanol–water partition coefficient (Wildman–Crippen LogP) is 4.90. The van der Waals surface area contributed by atoms with E-state index in [-0.39, 0.29) is 5.91 Å². The van der Waals surface area contributed by atoms with E-state index in [1.807, 2.05) is 36.4 Å². The Morgan fingerprint density at radius 1 is 1.15 bits per heavy atom. The molecule has 3 rings (SSSR count). The lowest BCUT2D eigenvalue weighted by Gasteiger charge is -2.36. The van der Waals surface area contributed by atoms with Gasteiger partial charge in [-0.05, 0) is 55.0 Å². The molecule has 0 bridgehead atoms. The second kappa shape index (κ2) is 9.03. The number of hydrogen-bond acceptors (Lipinski definition) is 2. The molecular formula is C21H23BrClNO2. The molecule has 0 aromatic heterocycles. The normalized spacial score (nSPS) is 16.2. The van der Waals surface area contributed by atoms with Crippen LogP contribution in [0.3, 0.4) is 0 Å².